The SMILES string of the molecule is CC(C)(CS(=O)(=O)Cl)C(NC(=O)OCc1ccccc1)c1cccs1. The fraction of sp³-hybridized carbons (Fsp3) is 0.353. The zero-order chi connectivity index (χ0) is 18.5. The van der Waals surface area contributed by atoms with Gasteiger partial charge in [-0.25, -0.2) is 13.2 Å². The lowest BCUT2D eigenvalue weighted by Crippen LogP contribution is -2.40. The zero-order valence-electron chi connectivity index (χ0n) is 13.9. The van der Waals surface area contributed by atoms with Crippen LogP contribution in [-0.4, -0.2) is 20.3 Å². The van der Waals surface area contributed by atoms with Crippen LogP contribution in [0.4, 0.5) is 4.79 Å². The Morgan fingerprint density at radius 3 is 2.48 bits per heavy atom. The van der Waals surface area contributed by atoms with Crippen LogP contribution in [0.1, 0.15) is 30.3 Å². The summed E-state index contributed by atoms with van der Waals surface area (Å²) in [7, 11) is 1.71. The van der Waals surface area contributed by atoms with Crippen LogP contribution in [0, 0.1) is 5.41 Å². The third-order valence-corrected chi connectivity index (χ3v) is 5.98. The maximum absolute atomic E-state index is 12.2. The molecule has 1 aromatic carbocycles. The first-order chi connectivity index (χ1) is 11.7. The molecule has 0 aliphatic rings. The van der Waals surface area contributed by atoms with Crippen molar-refractivity contribution in [3.05, 3.63) is 58.3 Å². The van der Waals surface area contributed by atoms with Gasteiger partial charge in [0, 0.05) is 21.0 Å². The summed E-state index contributed by atoms with van der Waals surface area (Å²) in [6.45, 7) is 3.63. The highest BCUT2D eigenvalue weighted by molar-refractivity contribution is 8.13. The molecular formula is C17H20ClNO4S2. The monoisotopic (exact) mass is 401 g/mol. The van der Waals surface area contributed by atoms with Crippen LogP contribution in [0.3, 0.4) is 0 Å². The predicted molar refractivity (Wildman–Crippen MR) is 100 cm³/mol. The highest BCUT2D eigenvalue weighted by Crippen LogP contribution is 2.37. The number of thiophene rings is 1. The van der Waals surface area contributed by atoms with Gasteiger partial charge in [0.15, 0.2) is 0 Å². The number of alkyl carbamates (subject to hydrolysis) is 1. The first kappa shape index (κ1) is 19.8. The van der Waals surface area contributed by atoms with Crippen molar-refractivity contribution in [3.8, 4) is 0 Å². The van der Waals surface area contributed by atoms with Gasteiger partial charge in [0.25, 0.3) is 0 Å². The normalized spacial score (nSPS) is 13.2. The van der Waals surface area contributed by atoms with Crippen molar-refractivity contribution in [1.82, 2.24) is 5.32 Å². The smallest absolute Gasteiger partial charge is 0.407 e. The fourth-order valence-electron chi connectivity index (χ4n) is 2.52. The number of carbonyl (C=O) groups excluding carboxylic acids is 1. The third-order valence-electron chi connectivity index (χ3n) is 3.63. The van der Waals surface area contributed by atoms with Crippen molar-refractivity contribution in [3.63, 3.8) is 0 Å². The van der Waals surface area contributed by atoms with Crippen LogP contribution in [-0.2, 0) is 20.4 Å². The molecule has 0 aliphatic heterocycles. The molecule has 1 atom stereocenters. The number of ether oxygens (including phenoxy) is 1. The van der Waals surface area contributed by atoms with E-state index in [0.717, 1.165) is 10.4 Å². The molecule has 1 aromatic heterocycles. The molecule has 8 heteroatoms. The minimum Gasteiger partial charge on any atom is -0.445 e. The Hall–Kier alpha value is -1.57. The minimum absolute atomic E-state index is 0.137. The molecule has 0 bridgehead atoms. The standard InChI is InChI=1S/C17H20ClNO4S2/c1-17(2,12-25(18,21)22)15(14-9-6-10-24-14)19-16(20)23-11-13-7-4-3-5-8-13/h3-10,15H,11-12H2,1-2H3,(H,19,20). The van der Waals surface area contributed by atoms with Crippen molar-refractivity contribution < 1.29 is 17.9 Å². The summed E-state index contributed by atoms with van der Waals surface area (Å²) in [6.07, 6.45) is -0.609. The van der Waals surface area contributed by atoms with Gasteiger partial charge in [-0.3, -0.25) is 0 Å². The van der Waals surface area contributed by atoms with E-state index in [1.807, 2.05) is 47.8 Å². The molecule has 25 heavy (non-hydrogen) atoms. The molecule has 0 radical (unpaired) electrons. The average Bonchev–Trinajstić information content (AvgIpc) is 3.03. The van der Waals surface area contributed by atoms with E-state index in [1.54, 1.807) is 13.8 Å². The average molecular weight is 402 g/mol. The van der Waals surface area contributed by atoms with Crippen LogP contribution in [0.5, 0.6) is 0 Å². The molecule has 1 unspecified atom stereocenters. The van der Waals surface area contributed by atoms with Gasteiger partial charge in [0.1, 0.15) is 6.61 Å². The van der Waals surface area contributed by atoms with Crippen molar-refractivity contribution in [1.29, 1.82) is 0 Å². The number of hydrogen-bond donors (Lipinski definition) is 1. The number of hydrogen-bond acceptors (Lipinski definition) is 5. The molecule has 0 saturated carbocycles. The number of benzene rings is 1. The van der Waals surface area contributed by atoms with Crippen LogP contribution >= 0.6 is 22.0 Å². The third kappa shape index (κ3) is 6.34. The summed E-state index contributed by atoms with van der Waals surface area (Å²) < 4.78 is 28.3. The number of amides is 1. The second kappa shape index (κ2) is 8.21. The van der Waals surface area contributed by atoms with E-state index in [0.29, 0.717) is 0 Å². The highest BCUT2D eigenvalue weighted by Gasteiger charge is 2.37. The Kier molecular flexibility index (Phi) is 6.48. The molecule has 0 aliphatic carbocycles. The molecule has 1 N–H and O–H groups in total. The lowest BCUT2D eigenvalue weighted by atomic mass is 9.85. The van der Waals surface area contributed by atoms with Gasteiger partial charge in [-0.15, -0.1) is 11.3 Å². The fourth-order valence-corrected chi connectivity index (χ4v) is 5.40. The summed E-state index contributed by atoms with van der Waals surface area (Å²) in [5.41, 5.74) is 0.0601. The summed E-state index contributed by atoms with van der Waals surface area (Å²) in [5, 5.41) is 4.64. The second-order valence-corrected chi connectivity index (χ2v) is 10.1. The maximum atomic E-state index is 12.2. The van der Waals surface area contributed by atoms with E-state index < -0.39 is 26.6 Å². The van der Waals surface area contributed by atoms with Crippen molar-refractivity contribution in [2.45, 2.75) is 26.5 Å². The van der Waals surface area contributed by atoms with Gasteiger partial charge in [-0.1, -0.05) is 50.2 Å². The number of rotatable bonds is 7. The second-order valence-electron chi connectivity index (χ2n) is 6.33. The Morgan fingerprint density at radius 2 is 1.92 bits per heavy atom. The molecule has 0 fully saturated rings. The molecule has 2 rings (SSSR count). The van der Waals surface area contributed by atoms with Crippen LogP contribution in [0.25, 0.3) is 0 Å². The van der Waals surface area contributed by atoms with E-state index in [9.17, 15) is 13.2 Å². The van der Waals surface area contributed by atoms with Gasteiger partial charge in [0.05, 0.1) is 11.8 Å². The first-order valence-corrected chi connectivity index (χ1v) is 11.0. The summed E-state index contributed by atoms with van der Waals surface area (Å²) in [4.78, 5) is 13.1. The summed E-state index contributed by atoms with van der Waals surface area (Å²) >= 11 is 1.43. The predicted octanol–water partition coefficient (Wildman–Crippen LogP) is 4.31. The Morgan fingerprint density at radius 1 is 1.24 bits per heavy atom. The highest BCUT2D eigenvalue weighted by atomic mass is 35.7. The molecule has 5 nitrogen and oxygen atoms in total. The van der Waals surface area contributed by atoms with Gasteiger partial charge in [0.2, 0.25) is 9.05 Å². The van der Waals surface area contributed by atoms with E-state index in [4.69, 9.17) is 15.4 Å². The quantitative estimate of drug-likeness (QED) is 0.701. The number of carbonyl (C=O) groups is 1. The summed E-state index contributed by atoms with van der Waals surface area (Å²) in [6, 6.07) is 12.5. The topological polar surface area (TPSA) is 72.5 Å². The van der Waals surface area contributed by atoms with Gasteiger partial charge in [-0.05, 0) is 17.0 Å². The molecule has 0 spiro atoms. The van der Waals surface area contributed by atoms with Crippen LogP contribution in [0.2, 0.25) is 0 Å². The van der Waals surface area contributed by atoms with E-state index in [1.165, 1.54) is 11.3 Å². The van der Waals surface area contributed by atoms with Crippen molar-refractivity contribution in [2.75, 3.05) is 5.75 Å². The number of halogens is 1. The molecule has 0 saturated heterocycles. The molecular weight excluding hydrogens is 382 g/mol. The molecule has 136 valence electrons. The van der Waals surface area contributed by atoms with Gasteiger partial charge < -0.3 is 10.1 Å². The van der Waals surface area contributed by atoms with E-state index >= 15 is 0 Å². The molecule has 2 aromatic rings. The lowest BCUT2D eigenvalue weighted by molar-refractivity contribution is 0.126. The van der Waals surface area contributed by atoms with Gasteiger partial charge >= 0.3 is 6.09 Å². The largest absolute Gasteiger partial charge is 0.445 e. The van der Waals surface area contributed by atoms with Crippen LogP contribution in [0.15, 0.2) is 47.8 Å². The zero-order valence-corrected chi connectivity index (χ0v) is 16.3. The van der Waals surface area contributed by atoms with Crippen molar-refractivity contribution >= 4 is 37.2 Å². The Bertz CT molecular complexity index is 789. The molecule has 1 amide bonds. The lowest BCUT2D eigenvalue weighted by Gasteiger charge is -2.33. The van der Waals surface area contributed by atoms with Crippen LogP contribution < -0.4 is 5.32 Å². The van der Waals surface area contributed by atoms with Gasteiger partial charge in [-0.2, -0.15) is 0 Å². The molecule has 1 heterocycles. The number of nitrogens with one attached hydrogen (secondary N) is 1. The van der Waals surface area contributed by atoms with E-state index in [-0.39, 0.29) is 12.4 Å². The Balaban J connectivity index is 2.10. The van der Waals surface area contributed by atoms with Crippen molar-refractivity contribution in [2.24, 2.45) is 5.41 Å². The summed E-state index contributed by atoms with van der Waals surface area (Å²) in [5.74, 6) is -0.275. The first-order valence-electron chi connectivity index (χ1n) is 7.60. The van der Waals surface area contributed by atoms with E-state index in [2.05, 4.69) is 5.32 Å². The minimum atomic E-state index is -3.72. The Labute approximate surface area is 156 Å². The maximum Gasteiger partial charge on any atom is 0.407 e.